The van der Waals surface area contributed by atoms with Crippen molar-refractivity contribution in [2.75, 3.05) is 13.1 Å². The van der Waals surface area contributed by atoms with E-state index in [1.54, 1.807) is 23.1 Å². The predicted octanol–water partition coefficient (Wildman–Crippen LogP) is 6.84. The molecule has 0 aliphatic rings. The van der Waals surface area contributed by atoms with E-state index in [0.717, 1.165) is 38.7 Å². The molecular formula is C35H34FN3O2. The van der Waals surface area contributed by atoms with Gasteiger partial charge < -0.3 is 14.8 Å². The fourth-order valence-electron chi connectivity index (χ4n) is 5.03. The second-order valence-electron chi connectivity index (χ2n) is 10.6. The molecular weight excluding hydrogens is 513 g/mol. The Bertz CT molecular complexity index is 1640. The average molecular weight is 548 g/mol. The molecule has 0 bridgehead atoms. The molecule has 0 aliphatic carbocycles. The van der Waals surface area contributed by atoms with E-state index in [-0.39, 0.29) is 30.7 Å². The van der Waals surface area contributed by atoms with Crippen molar-refractivity contribution in [3.63, 3.8) is 0 Å². The quantitative estimate of drug-likeness (QED) is 0.208. The molecule has 0 saturated carbocycles. The zero-order valence-electron chi connectivity index (χ0n) is 23.4. The molecule has 4 aromatic carbocycles. The van der Waals surface area contributed by atoms with E-state index < -0.39 is 0 Å². The van der Waals surface area contributed by atoms with Gasteiger partial charge in [-0.2, -0.15) is 0 Å². The van der Waals surface area contributed by atoms with Gasteiger partial charge in [0.05, 0.1) is 0 Å². The Hall–Kier alpha value is -4.71. The van der Waals surface area contributed by atoms with Crippen LogP contribution < -0.4 is 0 Å². The molecule has 0 saturated heterocycles. The van der Waals surface area contributed by atoms with Crippen LogP contribution in [0.5, 0.6) is 0 Å². The summed E-state index contributed by atoms with van der Waals surface area (Å²) in [7, 11) is 0. The summed E-state index contributed by atoms with van der Waals surface area (Å²) in [5, 5.41) is 1.14. The van der Waals surface area contributed by atoms with Gasteiger partial charge in [-0.3, -0.25) is 9.59 Å². The second-order valence-corrected chi connectivity index (χ2v) is 10.6. The molecule has 0 fully saturated rings. The van der Waals surface area contributed by atoms with E-state index in [1.807, 2.05) is 85.6 Å². The van der Waals surface area contributed by atoms with Gasteiger partial charge in [-0.1, -0.05) is 77.9 Å². The Morgan fingerprint density at radius 1 is 0.756 bits per heavy atom. The van der Waals surface area contributed by atoms with Gasteiger partial charge >= 0.3 is 0 Å². The van der Waals surface area contributed by atoms with Gasteiger partial charge in [0, 0.05) is 42.3 Å². The van der Waals surface area contributed by atoms with Crippen molar-refractivity contribution in [1.29, 1.82) is 0 Å². The van der Waals surface area contributed by atoms with E-state index in [0.29, 0.717) is 25.1 Å². The van der Waals surface area contributed by atoms with Crippen LogP contribution in [0.1, 0.15) is 38.2 Å². The highest BCUT2D eigenvalue weighted by Gasteiger charge is 2.23. The lowest BCUT2D eigenvalue weighted by Crippen LogP contribution is -2.43. The Balaban J connectivity index is 1.40. The SMILES string of the molecule is Cc1ccc(CN(CCc2c[nH]c3ccccc23)C(=O)CN(Cc2ccc(F)cc2)C(=O)c2cccc(C)c2)cc1. The molecule has 0 spiro atoms. The summed E-state index contributed by atoms with van der Waals surface area (Å²) >= 11 is 0. The molecule has 1 heterocycles. The van der Waals surface area contributed by atoms with E-state index in [1.165, 1.54) is 12.1 Å². The van der Waals surface area contributed by atoms with Gasteiger partial charge in [-0.15, -0.1) is 0 Å². The number of hydrogen-bond donors (Lipinski definition) is 1. The zero-order valence-corrected chi connectivity index (χ0v) is 23.4. The highest BCUT2D eigenvalue weighted by Crippen LogP contribution is 2.20. The Morgan fingerprint density at radius 3 is 2.17 bits per heavy atom. The number of hydrogen-bond acceptors (Lipinski definition) is 2. The number of para-hydroxylation sites is 1. The molecule has 2 amide bonds. The van der Waals surface area contributed by atoms with Crippen LogP contribution in [0.3, 0.4) is 0 Å². The average Bonchev–Trinajstić information content (AvgIpc) is 3.39. The van der Waals surface area contributed by atoms with Crippen molar-refractivity contribution in [3.8, 4) is 0 Å². The van der Waals surface area contributed by atoms with Crippen LogP contribution in [-0.2, 0) is 24.3 Å². The molecule has 1 aromatic heterocycles. The second kappa shape index (κ2) is 12.6. The number of carbonyl (C=O) groups is 2. The summed E-state index contributed by atoms with van der Waals surface area (Å²) in [6, 6.07) is 29.7. The third-order valence-corrected chi connectivity index (χ3v) is 7.34. The molecule has 5 rings (SSSR count). The third-order valence-electron chi connectivity index (χ3n) is 7.34. The number of fused-ring (bicyclic) bond motifs is 1. The van der Waals surface area contributed by atoms with Crippen molar-refractivity contribution in [2.45, 2.75) is 33.4 Å². The maximum atomic E-state index is 14.0. The Morgan fingerprint density at radius 2 is 1.44 bits per heavy atom. The largest absolute Gasteiger partial charge is 0.361 e. The van der Waals surface area contributed by atoms with Crippen LogP contribution in [-0.4, -0.2) is 39.7 Å². The Kier molecular flexibility index (Phi) is 8.59. The van der Waals surface area contributed by atoms with Crippen LogP contribution in [0.25, 0.3) is 10.9 Å². The zero-order chi connectivity index (χ0) is 28.8. The van der Waals surface area contributed by atoms with Gasteiger partial charge in [-0.05, 0) is 67.3 Å². The smallest absolute Gasteiger partial charge is 0.254 e. The van der Waals surface area contributed by atoms with E-state index in [2.05, 4.69) is 11.1 Å². The number of H-pyrrole nitrogens is 1. The highest BCUT2D eigenvalue weighted by atomic mass is 19.1. The minimum Gasteiger partial charge on any atom is -0.361 e. The summed E-state index contributed by atoms with van der Waals surface area (Å²) in [6.45, 7) is 5.00. The molecule has 0 unspecified atom stereocenters. The monoisotopic (exact) mass is 547 g/mol. The van der Waals surface area contributed by atoms with Gasteiger partial charge in [0.25, 0.3) is 5.91 Å². The first kappa shape index (κ1) is 27.8. The minimum absolute atomic E-state index is 0.0934. The normalized spacial score (nSPS) is 11.0. The van der Waals surface area contributed by atoms with Crippen LogP contribution in [0, 0.1) is 19.7 Å². The summed E-state index contributed by atoms with van der Waals surface area (Å²) in [6.07, 6.45) is 2.67. The number of nitrogens with one attached hydrogen (secondary N) is 1. The van der Waals surface area contributed by atoms with E-state index in [9.17, 15) is 14.0 Å². The van der Waals surface area contributed by atoms with Gasteiger partial charge in [0.1, 0.15) is 12.4 Å². The molecule has 5 nitrogen and oxygen atoms in total. The molecule has 6 heteroatoms. The standard InChI is InChI=1S/C35H34FN3O2/c1-25-10-12-27(13-11-25)22-38(19-18-30-21-37-33-9-4-3-8-32(30)33)34(40)24-39(23-28-14-16-31(36)17-15-28)35(41)29-7-5-6-26(2)20-29/h3-17,20-21,37H,18-19,22-24H2,1-2H3. The number of benzene rings is 4. The van der Waals surface area contributed by atoms with Gasteiger partial charge in [-0.25, -0.2) is 4.39 Å². The fourth-order valence-corrected chi connectivity index (χ4v) is 5.03. The topological polar surface area (TPSA) is 56.4 Å². The number of amides is 2. The molecule has 1 N–H and O–H groups in total. The molecule has 41 heavy (non-hydrogen) atoms. The van der Waals surface area contributed by atoms with Crippen LogP contribution in [0.4, 0.5) is 4.39 Å². The number of aromatic amines is 1. The summed E-state index contributed by atoms with van der Waals surface area (Å²) in [5.41, 5.74) is 6.61. The van der Waals surface area contributed by atoms with E-state index in [4.69, 9.17) is 0 Å². The predicted molar refractivity (Wildman–Crippen MR) is 161 cm³/mol. The minimum atomic E-state index is -0.344. The number of carbonyl (C=O) groups excluding carboxylic acids is 2. The van der Waals surface area contributed by atoms with Crippen molar-refractivity contribution >= 4 is 22.7 Å². The van der Waals surface area contributed by atoms with Crippen LogP contribution >= 0.6 is 0 Å². The number of nitrogens with zero attached hydrogens (tertiary/aromatic N) is 2. The molecule has 0 atom stereocenters. The maximum absolute atomic E-state index is 14.0. The number of halogens is 1. The third kappa shape index (κ3) is 7.09. The number of aryl methyl sites for hydroxylation is 2. The van der Waals surface area contributed by atoms with E-state index >= 15 is 0 Å². The molecule has 5 aromatic rings. The van der Waals surface area contributed by atoms with Crippen LogP contribution in [0.15, 0.2) is 103 Å². The lowest BCUT2D eigenvalue weighted by molar-refractivity contribution is -0.132. The van der Waals surface area contributed by atoms with Crippen molar-refractivity contribution in [3.05, 3.63) is 142 Å². The molecule has 0 aliphatic heterocycles. The Labute approximate surface area is 240 Å². The first-order valence-electron chi connectivity index (χ1n) is 13.8. The summed E-state index contributed by atoms with van der Waals surface area (Å²) in [5.74, 6) is -0.727. The first-order valence-corrected chi connectivity index (χ1v) is 13.8. The lowest BCUT2D eigenvalue weighted by atomic mass is 10.1. The van der Waals surface area contributed by atoms with Gasteiger partial charge in [0.15, 0.2) is 0 Å². The van der Waals surface area contributed by atoms with Crippen LogP contribution in [0.2, 0.25) is 0 Å². The number of aromatic nitrogens is 1. The summed E-state index contributed by atoms with van der Waals surface area (Å²) < 4.78 is 13.6. The van der Waals surface area contributed by atoms with Gasteiger partial charge in [0.2, 0.25) is 5.91 Å². The van der Waals surface area contributed by atoms with Crippen molar-refractivity contribution < 1.29 is 14.0 Å². The maximum Gasteiger partial charge on any atom is 0.254 e. The molecule has 0 radical (unpaired) electrons. The first-order chi connectivity index (χ1) is 19.9. The molecule has 208 valence electrons. The van der Waals surface area contributed by atoms with Crippen molar-refractivity contribution in [1.82, 2.24) is 14.8 Å². The summed E-state index contributed by atoms with van der Waals surface area (Å²) in [4.78, 5) is 34.3. The lowest BCUT2D eigenvalue weighted by Gasteiger charge is -2.28. The fraction of sp³-hybridized carbons (Fsp3) is 0.200. The highest BCUT2D eigenvalue weighted by molar-refractivity contribution is 5.96. The number of rotatable bonds is 10. The van der Waals surface area contributed by atoms with Crippen molar-refractivity contribution in [2.24, 2.45) is 0 Å².